The number of unbranched alkanes of at least 4 members (excludes halogenated alkanes) is 1. The second-order valence-corrected chi connectivity index (χ2v) is 4.60. The van der Waals surface area contributed by atoms with Gasteiger partial charge < -0.3 is 9.84 Å². The summed E-state index contributed by atoms with van der Waals surface area (Å²) in [6, 6.07) is 0. The lowest BCUT2D eigenvalue weighted by Crippen LogP contribution is -2.23. The minimum Gasteiger partial charge on any atom is -0.390 e. The summed E-state index contributed by atoms with van der Waals surface area (Å²) in [5.41, 5.74) is 0. The summed E-state index contributed by atoms with van der Waals surface area (Å²) in [6.45, 7) is 4.83. The molecule has 0 saturated heterocycles. The maximum atomic E-state index is 11.3. The van der Waals surface area contributed by atoms with E-state index in [-0.39, 0.29) is 0 Å². The summed E-state index contributed by atoms with van der Waals surface area (Å²) in [7, 11) is -0.883. The molecule has 0 aliphatic carbocycles. The molecular weight excluding hydrogens is 188 g/mol. The van der Waals surface area contributed by atoms with E-state index in [0.29, 0.717) is 24.7 Å². The second-order valence-electron chi connectivity index (χ2n) is 2.98. The molecule has 0 aliphatic heterocycles. The van der Waals surface area contributed by atoms with Gasteiger partial charge in [0.25, 0.3) is 0 Å². The third-order valence-corrected chi connectivity index (χ3v) is 3.12. The van der Waals surface area contributed by atoms with Crippen molar-refractivity contribution in [3.63, 3.8) is 0 Å². The fraction of sp³-hybridized carbons (Fsp3) is 1.00. The molecule has 0 unspecified atom stereocenters. The van der Waals surface area contributed by atoms with Crippen molar-refractivity contribution in [2.45, 2.75) is 32.8 Å². The van der Waals surface area contributed by atoms with Crippen molar-refractivity contribution in [1.29, 1.82) is 0 Å². The van der Waals surface area contributed by atoms with Crippen LogP contribution in [0.4, 0.5) is 0 Å². The molecular formula is C9H20O3S. The highest BCUT2D eigenvalue weighted by Crippen LogP contribution is 1.96. The molecule has 0 fully saturated rings. The number of aliphatic hydroxyl groups excluding tert-OH is 1. The largest absolute Gasteiger partial charge is 0.390 e. The highest BCUT2D eigenvalue weighted by atomic mass is 32.2. The van der Waals surface area contributed by atoms with Gasteiger partial charge in [0.1, 0.15) is 0 Å². The van der Waals surface area contributed by atoms with E-state index in [4.69, 9.17) is 4.74 Å². The first-order valence-electron chi connectivity index (χ1n) is 4.81. The van der Waals surface area contributed by atoms with Gasteiger partial charge in [0.2, 0.25) is 0 Å². The van der Waals surface area contributed by atoms with Crippen molar-refractivity contribution in [1.82, 2.24) is 0 Å². The van der Waals surface area contributed by atoms with Crippen molar-refractivity contribution in [3.8, 4) is 0 Å². The van der Waals surface area contributed by atoms with E-state index in [1.165, 1.54) is 0 Å². The van der Waals surface area contributed by atoms with E-state index >= 15 is 0 Å². The van der Waals surface area contributed by atoms with Crippen LogP contribution in [0.1, 0.15) is 26.7 Å². The minimum absolute atomic E-state index is 0.300. The molecule has 0 aromatic carbocycles. The maximum absolute atomic E-state index is 11.3. The molecule has 13 heavy (non-hydrogen) atoms. The summed E-state index contributed by atoms with van der Waals surface area (Å²) in [5.74, 6) is 1.04. The molecule has 2 atom stereocenters. The van der Waals surface area contributed by atoms with Crippen molar-refractivity contribution in [2.24, 2.45) is 0 Å². The molecule has 0 heterocycles. The smallest absolute Gasteiger partial charge is 0.0888 e. The Kier molecular flexibility index (Phi) is 8.71. The van der Waals surface area contributed by atoms with Crippen molar-refractivity contribution >= 4 is 10.8 Å². The number of ether oxygens (including phenoxy) is 1. The summed E-state index contributed by atoms with van der Waals surface area (Å²) in [6.07, 6.45) is 1.44. The first-order chi connectivity index (χ1) is 6.20. The first kappa shape index (κ1) is 13.1. The first-order valence-corrected chi connectivity index (χ1v) is 6.30. The fourth-order valence-corrected chi connectivity index (χ4v) is 2.21. The van der Waals surface area contributed by atoms with Crippen LogP contribution in [0.5, 0.6) is 0 Å². The Hall–Kier alpha value is 0.0700. The van der Waals surface area contributed by atoms with Crippen molar-refractivity contribution < 1.29 is 14.1 Å². The SMILES string of the molecule is CCCC[S@](=O)C[C@H](O)COCC. The van der Waals surface area contributed by atoms with Crippen LogP contribution in [0.3, 0.4) is 0 Å². The number of rotatable bonds is 8. The quantitative estimate of drug-likeness (QED) is 0.645. The summed E-state index contributed by atoms with van der Waals surface area (Å²) in [4.78, 5) is 0. The molecule has 80 valence electrons. The Balaban J connectivity index is 3.41. The van der Waals surface area contributed by atoms with Crippen molar-refractivity contribution in [3.05, 3.63) is 0 Å². The Bertz CT molecular complexity index is 139. The summed E-state index contributed by atoms with van der Waals surface area (Å²) >= 11 is 0. The molecule has 0 aromatic heterocycles. The van der Waals surface area contributed by atoms with Crippen LogP contribution < -0.4 is 0 Å². The van der Waals surface area contributed by atoms with E-state index in [9.17, 15) is 9.32 Å². The topological polar surface area (TPSA) is 46.5 Å². The monoisotopic (exact) mass is 208 g/mol. The lowest BCUT2D eigenvalue weighted by molar-refractivity contribution is 0.0547. The molecule has 0 spiro atoms. The average Bonchev–Trinajstić information content (AvgIpc) is 2.11. The third kappa shape index (κ3) is 8.40. The van der Waals surface area contributed by atoms with Gasteiger partial charge in [-0.3, -0.25) is 4.21 Å². The highest BCUT2D eigenvalue weighted by Gasteiger charge is 2.08. The summed E-state index contributed by atoms with van der Waals surface area (Å²) in [5, 5.41) is 9.33. The normalized spacial score (nSPS) is 15.6. The van der Waals surface area contributed by atoms with Crippen LogP contribution in [-0.2, 0) is 15.5 Å². The standard InChI is InChI=1S/C9H20O3S/c1-3-5-6-13(11)8-9(10)7-12-4-2/h9-10H,3-8H2,1-2H3/t9-,13+/m1/s1. The van der Waals surface area contributed by atoms with Crippen molar-refractivity contribution in [2.75, 3.05) is 24.7 Å². The zero-order valence-electron chi connectivity index (χ0n) is 8.49. The number of aliphatic hydroxyl groups is 1. The van der Waals surface area contributed by atoms with Gasteiger partial charge in [-0.25, -0.2) is 0 Å². The Morgan fingerprint density at radius 3 is 2.69 bits per heavy atom. The summed E-state index contributed by atoms with van der Waals surface area (Å²) < 4.78 is 16.3. The Morgan fingerprint density at radius 2 is 2.15 bits per heavy atom. The van der Waals surface area contributed by atoms with Crippen LogP contribution in [0, 0.1) is 0 Å². The maximum Gasteiger partial charge on any atom is 0.0888 e. The molecule has 0 aromatic rings. The van der Waals surface area contributed by atoms with Gasteiger partial charge in [-0.1, -0.05) is 13.3 Å². The second kappa shape index (κ2) is 8.66. The Morgan fingerprint density at radius 1 is 1.46 bits per heavy atom. The van der Waals surface area contributed by atoms with Gasteiger partial charge >= 0.3 is 0 Å². The van der Waals surface area contributed by atoms with Gasteiger partial charge in [-0.2, -0.15) is 0 Å². The average molecular weight is 208 g/mol. The van der Waals surface area contributed by atoms with Gasteiger partial charge in [0, 0.05) is 23.2 Å². The third-order valence-electron chi connectivity index (χ3n) is 1.62. The van der Waals surface area contributed by atoms with E-state index in [1.807, 2.05) is 6.92 Å². The number of hydrogen-bond acceptors (Lipinski definition) is 3. The van der Waals surface area contributed by atoms with E-state index < -0.39 is 16.9 Å². The molecule has 4 heteroatoms. The lowest BCUT2D eigenvalue weighted by Gasteiger charge is -2.09. The minimum atomic E-state index is -0.883. The molecule has 0 rings (SSSR count). The van der Waals surface area contributed by atoms with Gasteiger partial charge in [-0.15, -0.1) is 0 Å². The van der Waals surface area contributed by atoms with E-state index in [1.54, 1.807) is 0 Å². The molecule has 3 nitrogen and oxygen atoms in total. The van der Waals surface area contributed by atoms with E-state index in [0.717, 1.165) is 12.8 Å². The van der Waals surface area contributed by atoms with Crippen LogP contribution >= 0.6 is 0 Å². The van der Waals surface area contributed by atoms with E-state index in [2.05, 4.69) is 6.92 Å². The van der Waals surface area contributed by atoms with Crippen LogP contribution in [-0.4, -0.2) is 40.1 Å². The predicted molar refractivity (Wildman–Crippen MR) is 55.3 cm³/mol. The van der Waals surface area contributed by atoms with Gasteiger partial charge in [0.15, 0.2) is 0 Å². The van der Waals surface area contributed by atoms with Crippen LogP contribution in [0.2, 0.25) is 0 Å². The highest BCUT2D eigenvalue weighted by molar-refractivity contribution is 7.85. The molecule has 0 bridgehead atoms. The molecule has 0 saturated carbocycles. The fourth-order valence-electron chi connectivity index (χ4n) is 0.905. The van der Waals surface area contributed by atoms with Gasteiger partial charge in [0.05, 0.1) is 18.5 Å². The molecule has 0 amide bonds. The lowest BCUT2D eigenvalue weighted by atomic mass is 10.4. The molecule has 1 N–H and O–H groups in total. The predicted octanol–water partition coefficient (Wildman–Crippen LogP) is 0.933. The zero-order valence-corrected chi connectivity index (χ0v) is 9.31. The number of hydrogen-bond donors (Lipinski definition) is 1. The van der Waals surface area contributed by atoms with Gasteiger partial charge in [-0.05, 0) is 13.3 Å². The Labute approximate surface area is 82.9 Å². The molecule has 0 aliphatic rings. The zero-order chi connectivity index (χ0) is 10.1. The molecule has 0 radical (unpaired) electrons. The van der Waals surface area contributed by atoms with Crippen LogP contribution in [0.15, 0.2) is 0 Å². The van der Waals surface area contributed by atoms with Crippen LogP contribution in [0.25, 0.3) is 0 Å².